The van der Waals surface area contributed by atoms with Crippen molar-refractivity contribution in [3.05, 3.63) is 57.0 Å². The van der Waals surface area contributed by atoms with Crippen LogP contribution >= 0.6 is 23.1 Å². The first kappa shape index (κ1) is 16.0. The largest absolute Gasteiger partial charge is 0.325 e. The van der Waals surface area contributed by atoms with Crippen LogP contribution in [0.5, 0.6) is 0 Å². The normalized spacial score (nSPS) is 15.6. The first-order chi connectivity index (χ1) is 12.1. The summed E-state index contributed by atoms with van der Waals surface area (Å²) in [5.74, 6) is -0.102. The minimum atomic E-state index is -0.484. The highest BCUT2D eigenvalue weighted by atomic mass is 32.2. The van der Waals surface area contributed by atoms with Crippen LogP contribution in [-0.4, -0.2) is 22.2 Å². The standard InChI is InChI=1S/C17H14N4O2S2/c1-10(22)20-13-6-4-3-5-12(13)14-15(23)18-17(24-2)19-21(14)16(20)11-7-8-25-9-11/h3-9,16H,1-2H3/p+1/t16-/m1/s1. The Bertz CT molecular complexity index is 1010. The fourth-order valence-electron chi connectivity index (χ4n) is 3.13. The third-order valence-corrected chi connectivity index (χ3v) is 5.40. The Kier molecular flexibility index (Phi) is 3.93. The predicted molar refractivity (Wildman–Crippen MR) is 97.9 cm³/mol. The summed E-state index contributed by atoms with van der Waals surface area (Å²) in [6, 6.07) is 9.39. The first-order valence-corrected chi connectivity index (χ1v) is 9.80. The highest BCUT2D eigenvalue weighted by Gasteiger charge is 2.44. The summed E-state index contributed by atoms with van der Waals surface area (Å²) in [5.41, 5.74) is 2.59. The Morgan fingerprint density at radius 2 is 2.16 bits per heavy atom. The van der Waals surface area contributed by atoms with Crippen LogP contribution in [0.3, 0.4) is 0 Å². The summed E-state index contributed by atoms with van der Waals surface area (Å²) in [7, 11) is 0. The molecule has 0 bridgehead atoms. The summed E-state index contributed by atoms with van der Waals surface area (Å²) < 4.78 is 1.66. The Morgan fingerprint density at radius 3 is 2.84 bits per heavy atom. The molecule has 126 valence electrons. The van der Waals surface area contributed by atoms with Crippen LogP contribution in [0.15, 0.2) is 51.0 Å². The van der Waals surface area contributed by atoms with Gasteiger partial charge in [-0.05, 0) is 34.5 Å². The maximum absolute atomic E-state index is 12.8. The minimum Gasteiger partial charge on any atom is -0.291 e. The second kappa shape index (κ2) is 6.12. The molecule has 1 amide bonds. The number of thiophene rings is 1. The number of para-hydroxylation sites is 1. The topological polar surface area (TPSA) is 69.9 Å². The molecule has 1 aromatic carbocycles. The van der Waals surface area contributed by atoms with Gasteiger partial charge in [0.2, 0.25) is 11.1 Å². The van der Waals surface area contributed by atoms with Gasteiger partial charge in [0.1, 0.15) is 0 Å². The van der Waals surface area contributed by atoms with Crippen molar-refractivity contribution in [3.63, 3.8) is 0 Å². The zero-order chi connectivity index (χ0) is 17.6. The Morgan fingerprint density at radius 1 is 1.36 bits per heavy atom. The van der Waals surface area contributed by atoms with Crippen LogP contribution in [0.1, 0.15) is 18.7 Å². The van der Waals surface area contributed by atoms with Gasteiger partial charge in [-0.1, -0.05) is 23.9 Å². The third-order valence-electron chi connectivity index (χ3n) is 4.13. The van der Waals surface area contributed by atoms with Crippen molar-refractivity contribution in [2.45, 2.75) is 18.2 Å². The number of aromatic amines is 1. The highest BCUT2D eigenvalue weighted by Crippen LogP contribution is 2.37. The third kappa shape index (κ3) is 2.49. The van der Waals surface area contributed by atoms with Gasteiger partial charge in [-0.3, -0.25) is 14.6 Å². The highest BCUT2D eigenvalue weighted by molar-refractivity contribution is 7.98. The first-order valence-electron chi connectivity index (χ1n) is 7.63. The molecular weight excluding hydrogens is 356 g/mol. The Hall–Kier alpha value is -2.45. The number of H-pyrrole nitrogens is 1. The number of hydrogen-bond acceptors (Lipinski definition) is 5. The summed E-state index contributed by atoms with van der Waals surface area (Å²) in [5, 5.41) is 9.04. The van der Waals surface area contributed by atoms with Crippen molar-refractivity contribution in [2.75, 3.05) is 11.2 Å². The second-order valence-electron chi connectivity index (χ2n) is 5.59. The second-order valence-corrected chi connectivity index (χ2v) is 7.17. The lowest BCUT2D eigenvalue weighted by Gasteiger charge is -2.30. The van der Waals surface area contributed by atoms with Crippen molar-refractivity contribution in [1.82, 2.24) is 10.1 Å². The van der Waals surface area contributed by atoms with E-state index in [4.69, 9.17) is 0 Å². The summed E-state index contributed by atoms with van der Waals surface area (Å²) in [4.78, 5) is 29.8. The molecule has 0 aliphatic carbocycles. The number of anilines is 1. The molecule has 3 heterocycles. The van der Waals surface area contributed by atoms with E-state index in [9.17, 15) is 9.59 Å². The molecule has 3 aromatic rings. The molecule has 0 unspecified atom stereocenters. The number of rotatable bonds is 2. The van der Waals surface area contributed by atoms with Gasteiger partial charge in [-0.2, -0.15) is 11.3 Å². The van der Waals surface area contributed by atoms with Crippen LogP contribution < -0.4 is 15.1 Å². The number of benzene rings is 1. The summed E-state index contributed by atoms with van der Waals surface area (Å²) in [6.07, 6.45) is 1.37. The van der Waals surface area contributed by atoms with Gasteiger partial charge >= 0.3 is 11.3 Å². The van der Waals surface area contributed by atoms with Crippen LogP contribution in [0.2, 0.25) is 0 Å². The number of carbonyl (C=O) groups is 1. The van der Waals surface area contributed by atoms with Crippen LogP contribution in [0.25, 0.3) is 11.3 Å². The molecule has 0 radical (unpaired) electrons. The van der Waals surface area contributed by atoms with Crippen LogP contribution in [-0.2, 0) is 4.79 Å². The number of thioether (sulfide) groups is 1. The maximum Gasteiger partial charge on any atom is 0.325 e. The monoisotopic (exact) mass is 371 g/mol. The lowest BCUT2D eigenvalue weighted by molar-refractivity contribution is -0.763. The molecule has 4 rings (SSSR count). The predicted octanol–water partition coefficient (Wildman–Crippen LogP) is 2.42. The van der Waals surface area contributed by atoms with Crippen LogP contribution in [0.4, 0.5) is 5.69 Å². The van der Waals surface area contributed by atoms with E-state index < -0.39 is 6.17 Å². The molecule has 0 spiro atoms. The average molecular weight is 371 g/mol. The summed E-state index contributed by atoms with van der Waals surface area (Å²) in [6.45, 7) is 1.53. The van der Waals surface area contributed by atoms with E-state index >= 15 is 0 Å². The molecule has 8 heteroatoms. The van der Waals surface area contributed by atoms with Gasteiger partial charge in [0.25, 0.3) is 6.17 Å². The van der Waals surface area contributed by atoms with E-state index in [1.54, 1.807) is 20.9 Å². The molecule has 0 saturated heterocycles. The van der Waals surface area contributed by atoms with Gasteiger partial charge in [0, 0.05) is 17.4 Å². The average Bonchev–Trinajstić information content (AvgIpc) is 3.13. The maximum atomic E-state index is 12.8. The van der Waals surface area contributed by atoms with Gasteiger partial charge in [0.05, 0.1) is 16.8 Å². The number of carbonyl (C=O) groups excluding carboxylic acids is 1. The number of aromatic nitrogens is 3. The lowest BCUT2D eigenvalue weighted by Crippen LogP contribution is -2.60. The molecule has 0 saturated carbocycles. The van der Waals surface area contributed by atoms with Crippen molar-refractivity contribution >= 4 is 34.7 Å². The number of nitrogens with one attached hydrogen (secondary N) is 1. The zero-order valence-corrected chi connectivity index (χ0v) is 15.2. The van der Waals surface area contributed by atoms with Gasteiger partial charge in [-0.25, -0.2) is 4.90 Å². The molecule has 1 aliphatic rings. The van der Waals surface area contributed by atoms with E-state index in [1.807, 2.05) is 47.3 Å². The van der Waals surface area contributed by atoms with Crippen molar-refractivity contribution in [2.24, 2.45) is 0 Å². The van der Waals surface area contributed by atoms with E-state index in [2.05, 4.69) is 10.1 Å². The molecular formula is C17H15N4O2S2+. The SMILES string of the molecule is CSc1n[n+]2c(c(=O)[nH]1)-c1ccccc1N(C(C)=O)[C@H]2c1ccsc1. The van der Waals surface area contributed by atoms with Gasteiger partial charge in [0.15, 0.2) is 0 Å². The van der Waals surface area contributed by atoms with Gasteiger partial charge in [-0.15, -0.1) is 0 Å². The molecule has 1 atom stereocenters. The fraction of sp³-hybridized carbons (Fsp3) is 0.176. The minimum absolute atomic E-state index is 0.102. The fourth-order valence-corrected chi connectivity index (χ4v) is 4.16. The van der Waals surface area contributed by atoms with E-state index in [1.165, 1.54) is 18.7 Å². The molecule has 0 fully saturated rings. The van der Waals surface area contributed by atoms with E-state index in [0.717, 1.165) is 11.3 Å². The Labute approximate surface area is 152 Å². The number of amides is 1. The van der Waals surface area contributed by atoms with Crippen molar-refractivity contribution < 1.29 is 9.48 Å². The molecule has 6 nitrogen and oxygen atoms in total. The Balaban J connectivity index is 2.11. The van der Waals surface area contributed by atoms with Gasteiger partial charge < -0.3 is 0 Å². The van der Waals surface area contributed by atoms with E-state index in [-0.39, 0.29) is 11.5 Å². The van der Waals surface area contributed by atoms with Crippen LogP contribution in [0, 0.1) is 0 Å². The number of nitrogens with zero attached hydrogens (tertiary/aromatic N) is 3. The number of hydrogen-bond donors (Lipinski definition) is 1. The molecule has 25 heavy (non-hydrogen) atoms. The smallest absolute Gasteiger partial charge is 0.291 e. The summed E-state index contributed by atoms with van der Waals surface area (Å²) >= 11 is 2.90. The quantitative estimate of drug-likeness (QED) is 0.555. The zero-order valence-electron chi connectivity index (χ0n) is 13.6. The van der Waals surface area contributed by atoms with E-state index in [0.29, 0.717) is 16.4 Å². The number of fused-ring (bicyclic) bond motifs is 3. The molecule has 1 aliphatic heterocycles. The van der Waals surface area contributed by atoms with Crippen molar-refractivity contribution in [1.29, 1.82) is 0 Å². The van der Waals surface area contributed by atoms with Crippen molar-refractivity contribution in [3.8, 4) is 11.3 Å². The lowest BCUT2D eigenvalue weighted by atomic mass is 10.0. The molecule has 2 aromatic heterocycles. The molecule has 1 N–H and O–H groups in total.